The molecular formula is C32H35F2N5O2. The van der Waals surface area contributed by atoms with Gasteiger partial charge in [0.25, 0.3) is 0 Å². The van der Waals surface area contributed by atoms with Crippen LogP contribution in [-0.2, 0) is 16.9 Å². The van der Waals surface area contributed by atoms with Crippen molar-refractivity contribution < 1.29 is 18.3 Å². The van der Waals surface area contributed by atoms with Crippen LogP contribution in [0.5, 0.6) is 5.75 Å². The lowest BCUT2D eigenvalue weighted by Crippen LogP contribution is -2.46. The van der Waals surface area contributed by atoms with Crippen molar-refractivity contribution in [3.8, 4) is 5.75 Å². The number of piperazine rings is 1. The highest BCUT2D eigenvalue weighted by molar-refractivity contribution is 5.55. The highest BCUT2D eigenvalue weighted by Gasteiger charge is 2.44. The number of hydrogen-bond donors (Lipinski definition) is 0. The van der Waals surface area contributed by atoms with E-state index in [-0.39, 0.29) is 12.5 Å². The molecule has 2 fully saturated rings. The molecule has 3 aromatic carbocycles. The third-order valence-corrected chi connectivity index (χ3v) is 8.20. The number of aryl methyl sites for hydroxylation is 2. The molecule has 41 heavy (non-hydrogen) atoms. The maximum atomic E-state index is 14.9. The van der Waals surface area contributed by atoms with E-state index in [0.717, 1.165) is 43.6 Å². The third kappa shape index (κ3) is 5.91. The van der Waals surface area contributed by atoms with E-state index < -0.39 is 17.2 Å². The topological polar surface area (TPSA) is 55.7 Å². The van der Waals surface area contributed by atoms with E-state index in [0.29, 0.717) is 25.2 Å². The summed E-state index contributed by atoms with van der Waals surface area (Å²) in [6.45, 7) is 9.15. The van der Waals surface area contributed by atoms with Gasteiger partial charge in [-0.15, -0.1) is 0 Å². The second-order valence-electron chi connectivity index (χ2n) is 11.2. The van der Waals surface area contributed by atoms with E-state index in [9.17, 15) is 8.78 Å². The van der Waals surface area contributed by atoms with Crippen molar-refractivity contribution in [2.24, 2.45) is 5.92 Å². The Kier molecular flexibility index (Phi) is 7.62. The van der Waals surface area contributed by atoms with E-state index in [1.54, 1.807) is 11.0 Å². The molecule has 0 radical (unpaired) electrons. The molecule has 3 heterocycles. The van der Waals surface area contributed by atoms with Gasteiger partial charge in [0.15, 0.2) is 0 Å². The highest BCUT2D eigenvalue weighted by atomic mass is 19.1. The Morgan fingerprint density at radius 2 is 1.66 bits per heavy atom. The fourth-order valence-corrected chi connectivity index (χ4v) is 5.96. The van der Waals surface area contributed by atoms with E-state index in [1.807, 2.05) is 6.07 Å². The van der Waals surface area contributed by atoms with Crippen LogP contribution >= 0.6 is 0 Å². The van der Waals surface area contributed by atoms with Crippen LogP contribution in [0.15, 0.2) is 73.3 Å². The van der Waals surface area contributed by atoms with E-state index in [2.05, 4.69) is 70.1 Å². The predicted octanol–water partition coefficient (Wildman–Crippen LogP) is 5.51. The van der Waals surface area contributed by atoms with Crippen molar-refractivity contribution in [1.29, 1.82) is 0 Å². The molecule has 1 aromatic heterocycles. The summed E-state index contributed by atoms with van der Waals surface area (Å²) in [7, 11) is 0. The van der Waals surface area contributed by atoms with Crippen LogP contribution in [0, 0.1) is 31.4 Å². The second kappa shape index (κ2) is 11.5. The van der Waals surface area contributed by atoms with Crippen molar-refractivity contribution in [3.63, 3.8) is 0 Å². The van der Waals surface area contributed by atoms with Gasteiger partial charge in [-0.2, -0.15) is 5.10 Å². The largest absolute Gasteiger partial charge is 0.493 e. The zero-order valence-corrected chi connectivity index (χ0v) is 23.5. The van der Waals surface area contributed by atoms with Gasteiger partial charge in [-0.25, -0.2) is 18.4 Å². The summed E-state index contributed by atoms with van der Waals surface area (Å²) in [5.41, 5.74) is 4.15. The van der Waals surface area contributed by atoms with E-state index in [1.165, 1.54) is 35.4 Å². The lowest BCUT2D eigenvalue weighted by molar-refractivity contribution is -0.0206. The first-order valence-corrected chi connectivity index (χ1v) is 14.1. The van der Waals surface area contributed by atoms with Gasteiger partial charge >= 0.3 is 0 Å². The van der Waals surface area contributed by atoms with Crippen LogP contribution in [0.25, 0.3) is 0 Å². The van der Waals surface area contributed by atoms with Crippen molar-refractivity contribution in [2.45, 2.75) is 32.4 Å². The third-order valence-electron chi connectivity index (χ3n) is 8.20. The molecular weight excluding hydrogens is 524 g/mol. The summed E-state index contributed by atoms with van der Waals surface area (Å²) in [6.07, 6.45) is 3.52. The first-order valence-electron chi connectivity index (χ1n) is 14.1. The lowest BCUT2D eigenvalue weighted by Gasteiger charge is -2.37. The van der Waals surface area contributed by atoms with Gasteiger partial charge in [0.2, 0.25) is 0 Å². The van der Waals surface area contributed by atoms with Crippen LogP contribution < -0.4 is 14.5 Å². The number of anilines is 2. The van der Waals surface area contributed by atoms with Crippen molar-refractivity contribution in [2.75, 3.05) is 49.2 Å². The number of benzene rings is 3. The summed E-state index contributed by atoms with van der Waals surface area (Å²) in [5, 5.41) is 4.19. The Morgan fingerprint density at radius 3 is 2.34 bits per heavy atom. The Hall–Kier alpha value is -3.98. The summed E-state index contributed by atoms with van der Waals surface area (Å²) in [5.74, 6) is -0.393. The molecule has 0 aliphatic carbocycles. The zero-order chi connectivity index (χ0) is 28.4. The molecule has 0 saturated carbocycles. The standard InChI is InChI=1S/C32H35F2N5O2/c1-23-3-6-27(7-4-23)37-11-13-38(14-12-37)28-8-10-31(24(2)15-28)40-18-25-17-32(41-19-25,20-39-22-35-21-36-39)29-9-5-26(33)16-30(29)34/h3-10,15-16,21-22,25H,11-14,17-20H2,1-2H3/t25?,32-/m0/s1. The summed E-state index contributed by atoms with van der Waals surface area (Å²) in [6, 6.07) is 18.7. The van der Waals surface area contributed by atoms with Crippen molar-refractivity contribution in [3.05, 3.63) is 102 Å². The average Bonchev–Trinajstić information content (AvgIpc) is 3.63. The van der Waals surface area contributed by atoms with Gasteiger partial charge in [-0.05, 0) is 62.2 Å². The van der Waals surface area contributed by atoms with Gasteiger partial charge in [0.05, 0.1) is 19.8 Å². The van der Waals surface area contributed by atoms with Crippen LogP contribution in [-0.4, -0.2) is 54.2 Å². The number of hydrogen-bond acceptors (Lipinski definition) is 6. The SMILES string of the molecule is Cc1ccc(N2CCN(c3ccc(OCC4CO[C@@](Cn5cncn5)(c5ccc(F)cc5F)C4)c(C)c3)CC2)cc1. The number of halogens is 2. The summed E-state index contributed by atoms with van der Waals surface area (Å²) in [4.78, 5) is 8.86. The molecule has 0 amide bonds. The molecule has 2 atom stereocenters. The smallest absolute Gasteiger partial charge is 0.137 e. The quantitative estimate of drug-likeness (QED) is 0.284. The number of ether oxygens (including phenoxy) is 2. The zero-order valence-electron chi connectivity index (χ0n) is 23.5. The maximum absolute atomic E-state index is 14.9. The molecule has 2 aliphatic heterocycles. The Morgan fingerprint density at radius 1 is 0.927 bits per heavy atom. The van der Waals surface area contributed by atoms with Crippen LogP contribution in [0.2, 0.25) is 0 Å². The maximum Gasteiger partial charge on any atom is 0.137 e. The predicted molar refractivity (Wildman–Crippen MR) is 154 cm³/mol. The van der Waals surface area contributed by atoms with Crippen molar-refractivity contribution >= 4 is 11.4 Å². The minimum Gasteiger partial charge on any atom is -0.493 e. The number of aromatic nitrogens is 3. The minimum atomic E-state index is -0.987. The molecule has 2 aliphatic rings. The molecule has 2 saturated heterocycles. The molecule has 9 heteroatoms. The normalized spacial score (nSPS) is 20.9. The molecule has 214 valence electrons. The van der Waals surface area contributed by atoms with E-state index >= 15 is 0 Å². The minimum absolute atomic E-state index is 0.0249. The van der Waals surface area contributed by atoms with Gasteiger partial charge in [-0.3, -0.25) is 0 Å². The number of rotatable bonds is 8. The molecule has 4 aromatic rings. The Labute approximate surface area is 239 Å². The Bertz CT molecular complexity index is 1470. The van der Waals surface area contributed by atoms with Gasteiger partial charge in [-0.1, -0.05) is 23.8 Å². The van der Waals surface area contributed by atoms with Crippen molar-refractivity contribution in [1.82, 2.24) is 14.8 Å². The lowest BCUT2D eigenvalue weighted by atomic mass is 9.87. The van der Waals surface area contributed by atoms with Crippen LogP contribution in [0.3, 0.4) is 0 Å². The highest BCUT2D eigenvalue weighted by Crippen LogP contribution is 2.42. The Balaban J connectivity index is 1.08. The van der Waals surface area contributed by atoms with Gasteiger partial charge in [0.1, 0.15) is 35.6 Å². The molecule has 7 nitrogen and oxygen atoms in total. The molecule has 0 bridgehead atoms. The summed E-state index contributed by atoms with van der Waals surface area (Å²) >= 11 is 0. The van der Waals surface area contributed by atoms with E-state index in [4.69, 9.17) is 9.47 Å². The molecule has 0 N–H and O–H groups in total. The average molecular weight is 560 g/mol. The molecule has 6 rings (SSSR count). The van der Waals surface area contributed by atoms with Crippen LogP contribution in [0.4, 0.5) is 20.2 Å². The van der Waals surface area contributed by atoms with Gasteiger partial charge in [0, 0.05) is 55.1 Å². The fraction of sp³-hybridized carbons (Fsp3) is 0.375. The first-order chi connectivity index (χ1) is 19.9. The fourth-order valence-electron chi connectivity index (χ4n) is 5.96. The second-order valence-corrected chi connectivity index (χ2v) is 11.2. The summed E-state index contributed by atoms with van der Waals surface area (Å²) < 4.78 is 42.7. The van der Waals surface area contributed by atoms with Gasteiger partial charge < -0.3 is 19.3 Å². The molecule has 0 spiro atoms. The monoisotopic (exact) mass is 559 g/mol. The van der Waals surface area contributed by atoms with Crippen LogP contribution in [0.1, 0.15) is 23.1 Å². The molecule has 1 unspecified atom stereocenters. The first kappa shape index (κ1) is 27.2. The number of nitrogens with zero attached hydrogens (tertiary/aromatic N) is 5.